The van der Waals surface area contributed by atoms with Crippen LogP contribution in [0.5, 0.6) is 5.88 Å². The number of hydrogen-bond acceptors (Lipinski definition) is 10. The van der Waals surface area contributed by atoms with Gasteiger partial charge in [-0.05, 0) is 12.5 Å². The maximum absolute atomic E-state index is 12.3. The Kier molecular flexibility index (Phi) is 7.43. The molecule has 0 bridgehead atoms. The van der Waals surface area contributed by atoms with Gasteiger partial charge in [-0.15, -0.1) is 0 Å². The SMILES string of the molecule is C[C@@H](OCc1ccccc1)[C@H](N)C(=O)OC[C@H]1O[C@@H](n2cnc(C(N)=O)c2O)[C@H](O)C1O. The first-order valence-electron chi connectivity index (χ1n) is 9.85. The molecule has 0 spiro atoms. The van der Waals surface area contributed by atoms with E-state index < -0.39 is 66.7 Å². The minimum Gasteiger partial charge on any atom is -0.493 e. The number of aromatic nitrogens is 2. The average Bonchev–Trinajstić information content (AvgIpc) is 3.30. The monoisotopic (exact) mass is 450 g/mol. The lowest BCUT2D eigenvalue weighted by atomic mass is 10.1. The van der Waals surface area contributed by atoms with Crippen LogP contribution in [0.3, 0.4) is 0 Å². The largest absolute Gasteiger partial charge is 0.493 e. The van der Waals surface area contributed by atoms with Gasteiger partial charge in [0.2, 0.25) is 5.88 Å². The molecule has 1 aliphatic heterocycles. The Morgan fingerprint density at radius 1 is 1.25 bits per heavy atom. The Balaban J connectivity index is 1.53. The highest BCUT2D eigenvalue weighted by atomic mass is 16.6. The van der Waals surface area contributed by atoms with Gasteiger partial charge in [-0.2, -0.15) is 0 Å². The van der Waals surface area contributed by atoms with Gasteiger partial charge in [-0.25, -0.2) is 4.98 Å². The van der Waals surface area contributed by atoms with Crippen LogP contribution in [-0.2, 0) is 25.6 Å². The number of carbonyl (C=O) groups excluding carboxylic acids is 2. The molecule has 1 unspecified atom stereocenters. The lowest BCUT2D eigenvalue weighted by Gasteiger charge is -2.21. The van der Waals surface area contributed by atoms with E-state index in [9.17, 15) is 24.9 Å². The molecule has 1 saturated heterocycles. The van der Waals surface area contributed by atoms with Crippen LogP contribution >= 0.6 is 0 Å². The molecule has 0 saturated carbocycles. The van der Waals surface area contributed by atoms with Gasteiger partial charge in [0, 0.05) is 0 Å². The molecule has 1 aromatic heterocycles. The Morgan fingerprint density at radius 2 is 1.94 bits per heavy atom. The number of primary amides is 1. The van der Waals surface area contributed by atoms with Gasteiger partial charge in [-0.1, -0.05) is 30.3 Å². The fourth-order valence-corrected chi connectivity index (χ4v) is 3.17. The van der Waals surface area contributed by atoms with Gasteiger partial charge in [-0.3, -0.25) is 14.2 Å². The van der Waals surface area contributed by atoms with E-state index in [4.69, 9.17) is 25.7 Å². The molecular weight excluding hydrogens is 424 g/mol. The van der Waals surface area contributed by atoms with Crippen LogP contribution in [0.25, 0.3) is 0 Å². The first kappa shape index (κ1) is 23.6. The molecule has 1 amide bonds. The van der Waals surface area contributed by atoms with Crippen LogP contribution in [0.2, 0.25) is 0 Å². The number of carbonyl (C=O) groups is 2. The predicted molar refractivity (Wildman–Crippen MR) is 108 cm³/mol. The van der Waals surface area contributed by atoms with Gasteiger partial charge in [0.05, 0.1) is 12.7 Å². The maximum atomic E-state index is 12.3. The number of aliphatic hydroxyl groups excluding tert-OH is 2. The third kappa shape index (κ3) is 5.06. The fraction of sp³-hybridized carbons (Fsp3) is 0.450. The number of benzene rings is 1. The van der Waals surface area contributed by atoms with E-state index in [1.165, 1.54) is 0 Å². The van der Waals surface area contributed by atoms with Crippen molar-refractivity contribution in [3.05, 3.63) is 47.9 Å². The molecule has 1 aliphatic rings. The molecule has 7 N–H and O–H groups in total. The van der Waals surface area contributed by atoms with Crippen molar-refractivity contribution in [2.75, 3.05) is 6.61 Å². The average molecular weight is 450 g/mol. The van der Waals surface area contributed by atoms with E-state index in [2.05, 4.69) is 4.98 Å². The summed E-state index contributed by atoms with van der Waals surface area (Å²) in [4.78, 5) is 27.2. The fourth-order valence-electron chi connectivity index (χ4n) is 3.17. The quantitative estimate of drug-likeness (QED) is 0.289. The van der Waals surface area contributed by atoms with Crippen molar-refractivity contribution >= 4 is 11.9 Å². The molecule has 32 heavy (non-hydrogen) atoms. The molecule has 2 heterocycles. The highest BCUT2D eigenvalue weighted by Crippen LogP contribution is 2.33. The Hall–Kier alpha value is -3.03. The molecule has 2 aromatic rings. The number of nitrogens with two attached hydrogens (primary N) is 2. The zero-order valence-electron chi connectivity index (χ0n) is 17.3. The summed E-state index contributed by atoms with van der Waals surface area (Å²) >= 11 is 0. The van der Waals surface area contributed by atoms with E-state index in [0.717, 1.165) is 16.5 Å². The molecular formula is C20H26N4O8. The summed E-state index contributed by atoms with van der Waals surface area (Å²) in [7, 11) is 0. The van der Waals surface area contributed by atoms with Gasteiger partial charge < -0.3 is 41.0 Å². The van der Waals surface area contributed by atoms with Gasteiger partial charge in [0.25, 0.3) is 5.91 Å². The van der Waals surface area contributed by atoms with Crippen LogP contribution in [-0.4, -0.2) is 73.8 Å². The van der Waals surface area contributed by atoms with Crippen LogP contribution in [0.1, 0.15) is 29.2 Å². The second-order valence-electron chi connectivity index (χ2n) is 7.39. The second kappa shape index (κ2) is 10.1. The van der Waals surface area contributed by atoms with E-state index in [-0.39, 0.29) is 6.61 Å². The molecule has 0 radical (unpaired) electrons. The van der Waals surface area contributed by atoms with E-state index in [0.29, 0.717) is 0 Å². The first-order chi connectivity index (χ1) is 15.2. The number of hydrogen-bond donors (Lipinski definition) is 5. The minimum atomic E-state index is -1.50. The Bertz CT molecular complexity index is 937. The predicted octanol–water partition coefficient (Wildman–Crippen LogP) is -1.22. The van der Waals surface area contributed by atoms with Crippen molar-refractivity contribution in [1.29, 1.82) is 0 Å². The number of rotatable bonds is 9. The standard InChI is InChI=1S/C20H26N4O8/c1-10(30-7-11-5-3-2-4-6-11)13(21)20(29)31-8-12-15(25)16(26)19(32-12)24-9-23-14(17(22)27)18(24)28/h2-6,9-10,12-13,15-16,19,25-26,28H,7-8,21H2,1H3,(H2,22,27)/t10-,12-,13+,15?,16-,19-/m1/s1. The molecule has 174 valence electrons. The van der Waals surface area contributed by atoms with Crippen LogP contribution in [0.4, 0.5) is 0 Å². The number of aromatic hydroxyl groups is 1. The lowest BCUT2D eigenvalue weighted by molar-refractivity contribution is -0.155. The topological polar surface area (TPSA) is 192 Å². The van der Waals surface area contributed by atoms with Crippen LogP contribution in [0, 0.1) is 0 Å². The number of nitrogens with zero attached hydrogens (tertiary/aromatic N) is 2. The van der Waals surface area contributed by atoms with Crippen molar-refractivity contribution in [3.63, 3.8) is 0 Å². The number of aliphatic hydroxyl groups is 2. The van der Waals surface area contributed by atoms with Crippen molar-refractivity contribution in [2.24, 2.45) is 11.5 Å². The van der Waals surface area contributed by atoms with Crippen molar-refractivity contribution in [1.82, 2.24) is 9.55 Å². The van der Waals surface area contributed by atoms with E-state index >= 15 is 0 Å². The van der Waals surface area contributed by atoms with Gasteiger partial charge in [0.15, 0.2) is 11.9 Å². The second-order valence-corrected chi connectivity index (χ2v) is 7.39. The van der Waals surface area contributed by atoms with Gasteiger partial charge >= 0.3 is 5.97 Å². The van der Waals surface area contributed by atoms with Crippen molar-refractivity contribution < 1.29 is 39.1 Å². The number of imidazole rings is 1. The molecule has 3 rings (SSSR count). The lowest BCUT2D eigenvalue weighted by Crippen LogP contribution is -2.44. The summed E-state index contributed by atoms with van der Waals surface area (Å²) in [5.74, 6) is -2.38. The highest BCUT2D eigenvalue weighted by molar-refractivity contribution is 5.93. The summed E-state index contributed by atoms with van der Waals surface area (Å²) in [5, 5.41) is 30.5. The van der Waals surface area contributed by atoms with E-state index in [1.54, 1.807) is 6.92 Å². The third-order valence-corrected chi connectivity index (χ3v) is 5.14. The maximum Gasteiger partial charge on any atom is 0.325 e. The molecule has 1 fully saturated rings. The summed E-state index contributed by atoms with van der Waals surface area (Å²) in [6, 6.07) is 8.27. The Labute approximate surface area is 183 Å². The number of amides is 1. The molecule has 12 heteroatoms. The summed E-state index contributed by atoms with van der Waals surface area (Å²) in [6.45, 7) is 1.49. The van der Waals surface area contributed by atoms with Crippen LogP contribution in [0.15, 0.2) is 36.7 Å². The molecule has 0 aliphatic carbocycles. The normalized spacial score (nSPS) is 24.8. The Morgan fingerprint density at radius 3 is 2.56 bits per heavy atom. The molecule has 6 atom stereocenters. The molecule has 12 nitrogen and oxygen atoms in total. The zero-order valence-corrected chi connectivity index (χ0v) is 17.3. The zero-order chi connectivity index (χ0) is 23.4. The minimum absolute atomic E-state index is 0.267. The first-order valence-corrected chi connectivity index (χ1v) is 9.85. The summed E-state index contributed by atoms with van der Waals surface area (Å²) < 4.78 is 17.2. The van der Waals surface area contributed by atoms with E-state index in [1.807, 2.05) is 30.3 Å². The number of esters is 1. The highest BCUT2D eigenvalue weighted by Gasteiger charge is 2.45. The number of ether oxygens (including phenoxy) is 3. The summed E-state index contributed by atoms with van der Waals surface area (Å²) in [6.07, 6.45) is -4.96. The van der Waals surface area contributed by atoms with Crippen LogP contribution < -0.4 is 11.5 Å². The third-order valence-electron chi connectivity index (χ3n) is 5.14. The smallest absolute Gasteiger partial charge is 0.325 e. The molecule has 1 aromatic carbocycles. The van der Waals surface area contributed by atoms with Crippen molar-refractivity contribution in [2.45, 2.75) is 50.2 Å². The summed E-state index contributed by atoms with van der Waals surface area (Å²) in [5.41, 5.74) is 11.5. The van der Waals surface area contributed by atoms with Crippen molar-refractivity contribution in [3.8, 4) is 5.88 Å². The van der Waals surface area contributed by atoms with Gasteiger partial charge in [0.1, 0.15) is 37.3 Å².